The topological polar surface area (TPSA) is 6.48 Å². The maximum absolute atomic E-state index is 3.89. The van der Waals surface area contributed by atoms with Gasteiger partial charge in [-0.3, -0.25) is 9.80 Å². The molecule has 0 radical (unpaired) electrons. The van der Waals surface area contributed by atoms with Gasteiger partial charge in [0.15, 0.2) is 0 Å². The van der Waals surface area contributed by atoms with Crippen molar-refractivity contribution in [3.8, 4) is 0 Å². The van der Waals surface area contributed by atoms with Gasteiger partial charge < -0.3 is 0 Å². The lowest BCUT2D eigenvalue weighted by Crippen LogP contribution is -2.68. The molecule has 3 fully saturated rings. The Hall–Kier alpha value is 0.360. The molecule has 0 spiro atoms. The molecule has 0 saturated carbocycles. The molecule has 2 nitrogen and oxygen atoms in total. The van der Waals surface area contributed by atoms with E-state index in [1.54, 1.807) is 0 Å². The Morgan fingerprint density at radius 1 is 0.938 bits per heavy atom. The van der Waals surface area contributed by atoms with Gasteiger partial charge in [-0.25, -0.2) is 0 Å². The van der Waals surface area contributed by atoms with Gasteiger partial charge in [0.1, 0.15) is 0 Å². The molecular formula is C12H22Br2N2. The highest BCUT2D eigenvalue weighted by molar-refractivity contribution is 8.93. The lowest BCUT2D eigenvalue weighted by molar-refractivity contribution is -0.0514. The van der Waals surface area contributed by atoms with Crippen molar-refractivity contribution >= 4 is 34.0 Å². The zero-order valence-corrected chi connectivity index (χ0v) is 13.2. The average molecular weight is 354 g/mol. The molecule has 0 aliphatic carbocycles. The van der Waals surface area contributed by atoms with Crippen molar-refractivity contribution in [2.45, 2.75) is 18.4 Å². The quantitative estimate of drug-likeness (QED) is 0.717. The van der Waals surface area contributed by atoms with Crippen molar-refractivity contribution in [3.05, 3.63) is 25.3 Å². The molecule has 0 aromatic rings. The Morgan fingerprint density at radius 3 is 1.75 bits per heavy atom. The molecule has 0 aromatic heterocycles. The van der Waals surface area contributed by atoms with Gasteiger partial charge in [-0.2, -0.15) is 0 Å². The Bertz CT molecular complexity index is 225. The lowest BCUT2D eigenvalue weighted by atomic mass is 9.84. The van der Waals surface area contributed by atoms with Crippen LogP contribution in [0.3, 0.4) is 0 Å². The predicted molar refractivity (Wildman–Crippen MR) is 81.0 cm³/mol. The van der Waals surface area contributed by atoms with Crippen molar-refractivity contribution in [3.63, 3.8) is 0 Å². The van der Waals surface area contributed by atoms with E-state index >= 15 is 0 Å². The van der Waals surface area contributed by atoms with E-state index < -0.39 is 0 Å². The minimum atomic E-state index is 0. The highest BCUT2D eigenvalue weighted by Crippen LogP contribution is 2.32. The summed E-state index contributed by atoms with van der Waals surface area (Å²) in [6.07, 6.45) is 6.31. The summed E-state index contributed by atoms with van der Waals surface area (Å²) in [6.45, 7) is 13.9. The van der Waals surface area contributed by atoms with Crippen LogP contribution in [-0.4, -0.2) is 48.1 Å². The molecule has 0 amide bonds. The standard InChI is InChI=1S/C12H20N2.2BrH/c1-3-5-12(6-4-2)11-13-7-9-14(12)10-8-13;;/h3-4H,1-2,5-11H2;2*1H. The van der Waals surface area contributed by atoms with E-state index in [0.717, 1.165) is 12.8 Å². The van der Waals surface area contributed by atoms with Gasteiger partial charge in [-0.1, -0.05) is 12.2 Å². The van der Waals surface area contributed by atoms with Crippen LogP contribution in [0, 0.1) is 0 Å². The van der Waals surface area contributed by atoms with Crippen LogP contribution in [0.1, 0.15) is 12.8 Å². The van der Waals surface area contributed by atoms with Crippen LogP contribution in [-0.2, 0) is 0 Å². The van der Waals surface area contributed by atoms with E-state index in [-0.39, 0.29) is 34.0 Å². The van der Waals surface area contributed by atoms with E-state index in [9.17, 15) is 0 Å². The van der Waals surface area contributed by atoms with Gasteiger partial charge in [-0.05, 0) is 12.8 Å². The van der Waals surface area contributed by atoms with Crippen LogP contribution >= 0.6 is 34.0 Å². The number of hydrogen-bond acceptors (Lipinski definition) is 2. The molecule has 3 rings (SSSR count). The average Bonchev–Trinajstić information content (AvgIpc) is 2.20. The van der Waals surface area contributed by atoms with Crippen LogP contribution < -0.4 is 0 Å². The molecule has 0 N–H and O–H groups in total. The highest BCUT2D eigenvalue weighted by Gasteiger charge is 2.42. The fourth-order valence-corrected chi connectivity index (χ4v) is 2.90. The summed E-state index contributed by atoms with van der Waals surface area (Å²) in [5.41, 5.74) is 0.319. The molecule has 2 bridgehead atoms. The van der Waals surface area contributed by atoms with Gasteiger partial charge in [0.25, 0.3) is 0 Å². The van der Waals surface area contributed by atoms with Gasteiger partial charge >= 0.3 is 0 Å². The largest absolute Gasteiger partial charge is 0.299 e. The third kappa shape index (κ3) is 2.97. The number of halogens is 2. The van der Waals surface area contributed by atoms with Crippen molar-refractivity contribution in [1.82, 2.24) is 9.80 Å². The van der Waals surface area contributed by atoms with E-state index in [1.807, 2.05) is 0 Å². The monoisotopic (exact) mass is 352 g/mol. The second-order valence-electron chi connectivity index (χ2n) is 4.47. The summed E-state index contributed by atoms with van der Waals surface area (Å²) in [5, 5.41) is 0. The molecule has 3 saturated heterocycles. The molecule has 0 aromatic carbocycles. The minimum absolute atomic E-state index is 0. The molecule has 0 atom stereocenters. The zero-order valence-electron chi connectivity index (χ0n) is 9.73. The van der Waals surface area contributed by atoms with Crippen LogP contribution in [0.25, 0.3) is 0 Å². The maximum Gasteiger partial charge on any atom is 0.0405 e. The lowest BCUT2D eigenvalue weighted by Gasteiger charge is -2.55. The Kier molecular flexibility index (Phi) is 7.10. The molecule has 3 heterocycles. The normalized spacial score (nSPS) is 29.8. The number of hydrogen-bond donors (Lipinski definition) is 0. The maximum atomic E-state index is 3.89. The number of piperazine rings is 3. The van der Waals surface area contributed by atoms with E-state index in [1.165, 1.54) is 32.7 Å². The summed E-state index contributed by atoms with van der Waals surface area (Å²) in [4.78, 5) is 5.21. The second-order valence-corrected chi connectivity index (χ2v) is 4.47. The third-order valence-corrected chi connectivity index (χ3v) is 3.61. The van der Waals surface area contributed by atoms with Crippen molar-refractivity contribution in [2.24, 2.45) is 0 Å². The Balaban J connectivity index is 0.00000112. The molecular weight excluding hydrogens is 332 g/mol. The summed E-state index contributed by atoms with van der Waals surface area (Å²) >= 11 is 0. The minimum Gasteiger partial charge on any atom is -0.299 e. The second kappa shape index (κ2) is 6.94. The molecule has 3 aliphatic rings. The Morgan fingerprint density at radius 2 is 1.44 bits per heavy atom. The smallest absolute Gasteiger partial charge is 0.0405 e. The van der Waals surface area contributed by atoms with Crippen LogP contribution in [0.5, 0.6) is 0 Å². The van der Waals surface area contributed by atoms with Crippen molar-refractivity contribution in [1.29, 1.82) is 0 Å². The van der Waals surface area contributed by atoms with Crippen LogP contribution in [0.4, 0.5) is 0 Å². The first-order valence-corrected chi connectivity index (χ1v) is 5.50. The van der Waals surface area contributed by atoms with Gasteiger partial charge in [0.05, 0.1) is 0 Å². The third-order valence-electron chi connectivity index (χ3n) is 3.61. The highest BCUT2D eigenvalue weighted by atomic mass is 79.9. The van der Waals surface area contributed by atoms with Gasteiger partial charge in [0.2, 0.25) is 0 Å². The van der Waals surface area contributed by atoms with E-state index in [4.69, 9.17) is 0 Å². The molecule has 3 aliphatic heterocycles. The van der Waals surface area contributed by atoms with Crippen molar-refractivity contribution < 1.29 is 0 Å². The SMILES string of the molecule is Br.Br.C=CCC1(CC=C)CN2CCN1CC2. The summed E-state index contributed by atoms with van der Waals surface area (Å²) in [7, 11) is 0. The van der Waals surface area contributed by atoms with Gasteiger partial charge in [0, 0.05) is 38.3 Å². The van der Waals surface area contributed by atoms with Crippen molar-refractivity contribution in [2.75, 3.05) is 32.7 Å². The summed E-state index contributed by atoms with van der Waals surface area (Å²) in [5.74, 6) is 0. The first-order valence-electron chi connectivity index (χ1n) is 5.50. The molecule has 94 valence electrons. The van der Waals surface area contributed by atoms with Crippen LogP contribution in [0.15, 0.2) is 25.3 Å². The predicted octanol–water partition coefficient (Wildman–Crippen LogP) is 2.66. The number of fused-ring (bicyclic) bond motifs is 3. The van der Waals surface area contributed by atoms with Crippen LogP contribution in [0.2, 0.25) is 0 Å². The molecule has 0 unspecified atom stereocenters. The fourth-order valence-electron chi connectivity index (χ4n) is 2.90. The zero-order chi connectivity index (χ0) is 10.0. The van der Waals surface area contributed by atoms with Gasteiger partial charge in [-0.15, -0.1) is 47.1 Å². The number of nitrogens with zero attached hydrogens (tertiary/aromatic N) is 2. The molecule has 4 heteroatoms. The summed E-state index contributed by atoms with van der Waals surface area (Å²) < 4.78 is 0. The summed E-state index contributed by atoms with van der Waals surface area (Å²) in [6, 6.07) is 0. The fraction of sp³-hybridized carbons (Fsp3) is 0.667. The number of rotatable bonds is 4. The molecule has 16 heavy (non-hydrogen) atoms. The first-order chi connectivity index (χ1) is 6.80. The first kappa shape index (κ1) is 16.4. The van der Waals surface area contributed by atoms with E-state index in [2.05, 4.69) is 35.1 Å². The van der Waals surface area contributed by atoms with E-state index in [0.29, 0.717) is 5.54 Å². The Labute approximate surface area is 120 Å².